The number of nitrogens with zero attached hydrogens (tertiary/aromatic N) is 3. The molecule has 2 amide bonds. The zero-order valence-electron chi connectivity index (χ0n) is 15.7. The highest BCUT2D eigenvalue weighted by Crippen LogP contribution is 2.24. The summed E-state index contributed by atoms with van der Waals surface area (Å²) in [7, 11) is 1.64. The lowest BCUT2D eigenvalue weighted by Crippen LogP contribution is -2.60. The number of hydrogen-bond acceptors (Lipinski definition) is 3. The molecule has 29 heavy (non-hydrogen) atoms. The van der Waals surface area contributed by atoms with Crippen LogP contribution < -0.4 is 4.90 Å². The minimum Gasteiger partial charge on any atom is -0.465 e. The van der Waals surface area contributed by atoms with Crippen LogP contribution in [-0.2, 0) is 11.3 Å². The van der Waals surface area contributed by atoms with E-state index in [2.05, 4.69) is 0 Å². The molecule has 154 valence electrons. The molecular formula is C20H20Cl2FN3O3. The summed E-state index contributed by atoms with van der Waals surface area (Å²) in [6, 6.07) is 10.1. The van der Waals surface area contributed by atoms with Gasteiger partial charge in [0.2, 0.25) is 5.91 Å². The molecule has 0 aromatic heterocycles. The molecule has 0 aliphatic carbocycles. The summed E-state index contributed by atoms with van der Waals surface area (Å²) >= 11 is 12.1. The van der Waals surface area contributed by atoms with Gasteiger partial charge in [0.25, 0.3) is 0 Å². The molecule has 0 radical (unpaired) electrons. The van der Waals surface area contributed by atoms with E-state index in [-0.39, 0.29) is 31.4 Å². The highest BCUT2D eigenvalue weighted by molar-refractivity contribution is 6.34. The number of anilines is 1. The lowest BCUT2D eigenvalue weighted by Gasteiger charge is -2.42. The SMILES string of the molecule is CN(Cc1cc(Cl)cc(Cl)c1)C(=O)C1CN(C(=O)O)CCN1c1ccc(F)cc1. The second-order valence-electron chi connectivity index (χ2n) is 6.89. The summed E-state index contributed by atoms with van der Waals surface area (Å²) < 4.78 is 13.3. The zero-order valence-corrected chi connectivity index (χ0v) is 17.2. The Bertz CT molecular complexity index is 890. The molecule has 0 bridgehead atoms. The second kappa shape index (κ2) is 8.88. The van der Waals surface area contributed by atoms with E-state index in [1.807, 2.05) is 4.90 Å². The Morgan fingerprint density at radius 2 is 1.76 bits per heavy atom. The highest BCUT2D eigenvalue weighted by Gasteiger charge is 2.36. The van der Waals surface area contributed by atoms with Gasteiger partial charge < -0.3 is 19.8 Å². The first-order valence-corrected chi connectivity index (χ1v) is 9.70. The molecule has 1 fully saturated rings. The third-order valence-electron chi connectivity index (χ3n) is 4.81. The lowest BCUT2D eigenvalue weighted by atomic mass is 10.1. The van der Waals surface area contributed by atoms with Gasteiger partial charge in [0.05, 0.1) is 6.54 Å². The molecular weight excluding hydrogens is 420 g/mol. The first-order valence-electron chi connectivity index (χ1n) is 8.94. The van der Waals surface area contributed by atoms with E-state index in [4.69, 9.17) is 23.2 Å². The molecule has 2 aromatic rings. The fourth-order valence-electron chi connectivity index (χ4n) is 3.42. The zero-order chi connectivity index (χ0) is 21.1. The molecule has 1 heterocycles. The van der Waals surface area contributed by atoms with E-state index in [1.54, 1.807) is 37.4 Å². The van der Waals surface area contributed by atoms with E-state index in [9.17, 15) is 19.1 Å². The number of benzene rings is 2. The predicted octanol–water partition coefficient (Wildman–Crippen LogP) is 3.96. The topological polar surface area (TPSA) is 64.1 Å². The Morgan fingerprint density at radius 1 is 1.14 bits per heavy atom. The number of piperazine rings is 1. The first kappa shape index (κ1) is 21.2. The fourth-order valence-corrected chi connectivity index (χ4v) is 3.99. The van der Waals surface area contributed by atoms with Crippen molar-refractivity contribution in [3.63, 3.8) is 0 Å². The Balaban J connectivity index is 1.83. The largest absolute Gasteiger partial charge is 0.465 e. The van der Waals surface area contributed by atoms with Gasteiger partial charge in [0.1, 0.15) is 11.9 Å². The van der Waals surface area contributed by atoms with E-state index < -0.39 is 12.1 Å². The second-order valence-corrected chi connectivity index (χ2v) is 7.76. The number of halogens is 3. The molecule has 1 aliphatic rings. The maximum atomic E-state index is 13.3. The quantitative estimate of drug-likeness (QED) is 0.782. The van der Waals surface area contributed by atoms with Crippen molar-refractivity contribution in [3.05, 3.63) is 63.9 Å². The molecule has 0 spiro atoms. The molecule has 9 heteroatoms. The monoisotopic (exact) mass is 439 g/mol. The number of hydrogen-bond donors (Lipinski definition) is 1. The molecule has 2 aromatic carbocycles. The van der Waals surface area contributed by atoms with Crippen LogP contribution in [0, 0.1) is 5.82 Å². The van der Waals surface area contributed by atoms with Crippen LogP contribution >= 0.6 is 23.2 Å². The average molecular weight is 440 g/mol. The summed E-state index contributed by atoms with van der Waals surface area (Å²) in [5, 5.41) is 10.3. The summed E-state index contributed by atoms with van der Waals surface area (Å²) in [6.45, 7) is 0.863. The Labute approximate surface area is 178 Å². The van der Waals surface area contributed by atoms with E-state index in [0.29, 0.717) is 22.3 Å². The van der Waals surface area contributed by atoms with Crippen molar-refractivity contribution in [2.24, 2.45) is 0 Å². The number of amides is 2. The van der Waals surface area contributed by atoms with Crippen molar-refractivity contribution in [2.45, 2.75) is 12.6 Å². The van der Waals surface area contributed by atoms with Gasteiger partial charge in [0.15, 0.2) is 0 Å². The lowest BCUT2D eigenvalue weighted by molar-refractivity contribution is -0.132. The molecule has 1 N–H and O–H groups in total. The number of carbonyl (C=O) groups excluding carboxylic acids is 1. The Morgan fingerprint density at radius 3 is 2.34 bits per heavy atom. The van der Waals surface area contributed by atoms with Crippen molar-refractivity contribution >= 4 is 40.9 Å². The maximum absolute atomic E-state index is 13.3. The van der Waals surface area contributed by atoms with E-state index >= 15 is 0 Å². The highest BCUT2D eigenvalue weighted by atomic mass is 35.5. The van der Waals surface area contributed by atoms with Gasteiger partial charge >= 0.3 is 6.09 Å². The fraction of sp³-hybridized carbons (Fsp3) is 0.300. The van der Waals surface area contributed by atoms with Crippen molar-refractivity contribution in [2.75, 3.05) is 31.6 Å². The molecule has 1 saturated heterocycles. The van der Waals surface area contributed by atoms with Crippen LogP contribution in [-0.4, -0.2) is 59.6 Å². The van der Waals surface area contributed by atoms with Crippen molar-refractivity contribution in [1.82, 2.24) is 9.80 Å². The van der Waals surface area contributed by atoms with Crippen LogP contribution in [0.1, 0.15) is 5.56 Å². The van der Waals surface area contributed by atoms with Gasteiger partial charge in [-0.1, -0.05) is 23.2 Å². The number of carbonyl (C=O) groups is 2. The Kier molecular flexibility index (Phi) is 6.49. The molecule has 3 rings (SSSR count). The summed E-state index contributed by atoms with van der Waals surface area (Å²) in [5.74, 6) is -0.632. The predicted molar refractivity (Wildman–Crippen MR) is 110 cm³/mol. The normalized spacial score (nSPS) is 16.6. The van der Waals surface area contributed by atoms with Crippen LogP contribution in [0.2, 0.25) is 10.0 Å². The number of carboxylic acid groups (broad SMARTS) is 1. The molecule has 0 saturated carbocycles. The minimum atomic E-state index is -1.08. The standard InChI is InChI=1S/C20H20Cl2FN3O3/c1-24(11-13-8-14(21)10-15(22)9-13)19(27)18-12-25(20(28)29)6-7-26(18)17-4-2-16(23)3-5-17/h2-5,8-10,18H,6-7,11-12H2,1H3,(H,28,29). The van der Waals surface area contributed by atoms with Crippen LogP contribution in [0.5, 0.6) is 0 Å². The minimum absolute atomic E-state index is 0.0200. The summed E-state index contributed by atoms with van der Waals surface area (Å²) in [6.07, 6.45) is -1.08. The molecule has 1 atom stereocenters. The Hall–Kier alpha value is -2.51. The van der Waals surface area contributed by atoms with Gasteiger partial charge in [0, 0.05) is 42.4 Å². The van der Waals surface area contributed by atoms with Crippen molar-refractivity contribution in [3.8, 4) is 0 Å². The first-order chi connectivity index (χ1) is 13.7. The van der Waals surface area contributed by atoms with Gasteiger partial charge in [-0.05, 0) is 48.0 Å². The third-order valence-corrected chi connectivity index (χ3v) is 5.25. The smallest absolute Gasteiger partial charge is 0.407 e. The van der Waals surface area contributed by atoms with Gasteiger partial charge in [-0.25, -0.2) is 9.18 Å². The van der Waals surface area contributed by atoms with Crippen LogP contribution in [0.15, 0.2) is 42.5 Å². The van der Waals surface area contributed by atoms with Crippen LogP contribution in [0.4, 0.5) is 14.9 Å². The van der Waals surface area contributed by atoms with E-state index in [1.165, 1.54) is 21.9 Å². The third kappa shape index (κ3) is 5.10. The summed E-state index contributed by atoms with van der Waals surface area (Å²) in [5.41, 5.74) is 1.42. The summed E-state index contributed by atoms with van der Waals surface area (Å²) in [4.78, 5) is 29.2. The van der Waals surface area contributed by atoms with E-state index in [0.717, 1.165) is 5.56 Å². The number of likely N-dealkylation sites (N-methyl/N-ethyl adjacent to an activating group) is 1. The van der Waals surface area contributed by atoms with Crippen LogP contribution in [0.25, 0.3) is 0 Å². The molecule has 1 unspecified atom stereocenters. The maximum Gasteiger partial charge on any atom is 0.407 e. The average Bonchev–Trinajstić information content (AvgIpc) is 2.66. The molecule has 1 aliphatic heterocycles. The van der Waals surface area contributed by atoms with Gasteiger partial charge in [-0.2, -0.15) is 0 Å². The van der Waals surface area contributed by atoms with Gasteiger partial charge in [-0.15, -0.1) is 0 Å². The molecule has 6 nitrogen and oxygen atoms in total. The van der Waals surface area contributed by atoms with Gasteiger partial charge in [-0.3, -0.25) is 4.79 Å². The number of rotatable bonds is 4. The van der Waals surface area contributed by atoms with Crippen molar-refractivity contribution < 1.29 is 19.1 Å². The van der Waals surface area contributed by atoms with Crippen LogP contribution in [0.3, 0.4) is 0 Å². The van der Waals surface area contributed by atoms with Crippen molar-refractivity contribution in [1.29, 1.82) is 0 Å².